The van der Waals surface area contributed by atoms with E-state index in [1.165, 1.54) is 0 Å². The molecule has 0 aromatic heterocycles. The second-order valence-corrected chi connectivity index (χ2v) is 5.36. The molecule has 0 heterocycles. The molecule has 2 unspecified atom stereocenters. The number of likely N-dealkylation sites (N-methyl/N-ethyl adjacent to an activating group) is 1. The van der Waals surface area contributed by atoms with Crippen molar-refractivity contribution in [1.29, 1.82) is 0 Å². The average molecular weight is 259 g/mol. The van der Waals surface area contributed by atoms with E-state index in [1.807, 2.05) is 20.8 Å². The molecule has 0 aliphatic heterocycles. The molecule has 0 aliphatic rings. The van der Waals surface area contributed by atoms with Crippen LogP contribution in [0, 0.1) is 0 Å². The van der Waals surface area contributed by atoms with Crippen LogP contribution in [0.3, 0.4) is 0 Å². The van der Waals surface area contributed by atoms with Gasteiger partial charge in [-0.3, -0.25) is 9.69 Å². The van der Waals surface area contributed by atoms with Gasteiger partial charge in [0.05, 0.1) is 6.61 Å². The molecule has 5 heteroatoms. The summed E-state index contributed by atoms with van der Waals surface area (Å²) in [6.45, 7) is 12.1. The number of carbonyl (C=O) groups excluding carboxylic acids is 1. The van der Waals surface area contributed by atoms with Crippen molar-refractivity contribution >= 4 is 5.91 Å². The van der Waals surface area contributed by atoms with Gasteiger partial charge in [0.1, 0.15) is 5.54 Å². The highest BCUT2D eigenvalue weighted by Gasteiger charge is 2.34. The summed E-state index contributed by atoms with van der Waals surface area (Å²) >= 11 is 0. The van der Waals surface area contributed by atoms with E-state index in [-0.39, 0.29) is 18.0 Å². The number of methoxy groups -OCH3 is 1. The molecule has 18 heavy (non-hydrogen) atoms. The van der Waals surface area contributed by atoms with E-state index in [4.69, 9.17) is 10.5 Å². The molecule has 0 saturated carbocycles. The Kier molecular flexibility index (Phi) is 7.43. The van der Waals surface area contributed by atoms with Crippen molar-refractivity contribution in [3.8, 4) is 0 Å². The normalized spacial score (nSPS) is 16.9. The van der Waals surface area contributed by atoms with Crippen molar-refractivity contribution in [3.63, 3.8) is 0 Å². The zero-order chi connectivity index (χ0) is 14.3. The van der Waals surface area contributed by atoms with Gasteiger partial charge in [0.25, 0.3) is 0 Å². The monoisotopic (exact) mass is 259 g/mol. The minimum absolute atomic E-state index is 0.207. The van der Waals surface area contributed by atoms with E-state index in [9.17, 15) is 4.79 Å². The van der Waals surface area contributed by atoms with Crippen LogP contribution < -0.4 is 11.1 Å². The van der Waals surface area contributed by atoms with Gasteiger partial charge >= 0.3 is 0 Å². The molecule has 0 spiro atoms. The zero-order valence-corrected chi connectivity index (χ0v) is 12.6. The Morgan fingerprint density at radius 2 is 2.00 bits per heavy atom. The van der Waals surface area contributed by atoms with Crippen LogP contribution in [-0.2, 0) is 9.53 Å². The number of ether oxygens (including phenoxy) is 1. The fraction of sp³-hybridized carbons (Fsp3) is 0.923. The Morgan fingerprint density at radius 3 is 2.33 bits per heavy atom. The number of hydrogen-bond acceptors (Lipinski definition) is 4. The van der Waals surface area contributed by atoms with Crippen molar-refractivity contribution in [2.24, 2.45) is 5.73 Å². The van der Waals surface area contributed by atoms with Gasteiger partial charge in [0.2, 0.25) is 5.91 Å². The number of carbonyl (C=O) groups is 1. The molecule has 0 bridgehead atoms. The van der Waals surface area contributed by atoms with E-state index in [0.29, 0.717) is 13.2 Å². The number of primary amides is 1. The molecule has 0 fully saturated rings. The summed E-state index contributed by atoms with van der Waals surface area (Å²) < 4.78 is 5.16. The molecule has 2 atom stereocenters. The summed E-state index contributed by atoms with van der Waals surface area (Å²) in [5, 5.41) is 3.26. The maximum absolute atomic E-state index is 11.7. The molecule has 5 nitrogen and oxygen atoms in total. The molecule has 3 N–H and O–H groups in total. The lowest BCUT2D eigenvalue weighted by Crippen LogP contribution is -2.62. The Balaban J connectivity index is 4.78. The summed E-state index contributed by atoms with van der Waals surface area (Å²) in [5.41, 5.74) is 4.82. The molecule has 0 aromatic rings. The van der Waals surface area contributed by atoms with Crippen LogP contribution in [-0.4, -0.2) is 55.2 Å². The standard InChI is InChI=1S/C13H29N3O2/c1-7-16(11(4)8-18-6)9-13(5,12(14)17)15-10(2)3/h10-11,15H,7-9H2,1-6H3,(H2,14,17). The largest absolute Gasteiger partial charge is 0.383 e. The Morgan fingerprint density at radius 1 is 1.44 bits per heavy atom. The molecular formula is C13H29N3O2. The van der Waals surface area contributed by atoms with Gasteiger partial charge < -0.3 is 15.8 Å². The maximum Gasteiger partial charge on any atom is 0.238 e. The number of nitrogens with zero attached hydrogens (tertiary/aromatic N) is 1. The highest BCUT2D eigenvalue weighted by molar-refractivity contribution is 5.84. The van der Waals surface area contributed by atoms with Crippen LogP contribution in [0.4, 0.5) is 0 Å². The van der Waals surface area contributed by atoms with E-state index < -0.39 is 5.54 Å². The Bertz CT molecular complexity index is 259. The fourth-order valence-electron chi connectivity index (χ4n) is 2.16. The lowest BCUT2D eigenvalue weighted by molar-refractivity contribution is -0.125. The molecule has 108 valence electrons. The van der Waals surface area contributed by atoms with Crippen LogP contribution in [0.2, 0.25) is 0 Å². The highest BCUT2D eigenvalue weighted by Crippen LogP contribution is 2.11. The first kappa shape index (κ1) is 17.4. The van der Waals surface area contributed by atoms with Gasteiger partial charge in [-0.2, -0.15) is 0 Å². The van der Waals surface area contributed by atoms with Gasteiger partial charge in [0, 0.05) is 25.7 Å². The van der Waals surface area contributed by atoms with Crippen molar-refractivity contribution < 1.29 is 9.53 Å². The molecule has 0 rings (SSSR count). The first-order valence-corrected chi connectivity index (χ1v) is 6.57. The van der Waals surface area contributed by atoms with E-state index in [1.54, 1.807) is 7.11 Å². The highest BCUT2D eigenvalue weighted by atomic mass is 16.5. The number of nitrogens with two attached hydrogens (primary N) is 1. The number of nitrogens with one attached hydrogen (secondary N) is 1. The van der Waals surface area contributed by atoms with Gasteiger partial charge in [-0.1, -0.05) is 6.92 Å². The van der Waals surface area contributed by atoms with E-state index in [2.05, 4.69) is 24.1 Å². The SMILES string of the molecule is CCN(CC(C)(NC(C)C)C(N)=O)C(C)COC. The quantitative estimate of drug-likeness (QED) is 0.636. The smallest absolute Gasteiger partial charge is 0.238 e. The van der Waals surface area contributed by atoms with Crippen LogP contribution in [0.15, 0.2) is 0 Å². The topological polar surface area (TPSA) is 67.6 Å². The third-order valence-electron chi connectivity index (χ3n) is 3.11. The summed E-state index contributed by atoms with van der Waals surface area (Å²) in [4.78, 5) is 13.9. The fourth-order valence-corrected chi connectivity index (χ4v) is 2.16. The van der Waals surface area contributed by atoms with Crippen molar-refractivity contribution in [2.45, 2.75) is 52.2 Å². The third-order valence-corrected chi connectivity index (χ3v) is 3.11. The zero-order valence-electron chi connectivity index (χ0n) is 12.6. The second kappa shape index (κ2) is 7.71. The lowest BCUT2D eigenvalue weighted by atomic mass is 9.98. The van der Waals surface area contributed by atoms with Gasteiger partial charge in [-0.25, -0.2) is 0 Å². The van der Waals surface area contributed by atoms with Gasteiger partial charge in [-0.15, -0.1) is 0 Å². The number of amides is 1. The summed E-state index contributed by atoms with van der Waals surface area (Å²) in [5.74, 6) is -0.320. The van der Waals surface area contributed by atoms with Crippen LogP contribution in [0.5, 0.6) is 0 Å². The summed E-state index contributed by atoms with van der Waals surface area (Å²) in [6.07, 6.45) is 0. The van der Waals surface area contributed by atoms with Gasteiger partial charge in [0.15, 0.2) is 0 Å². The van der Waals surface area contributed by atoms with Crippen molar-refractivity contribution in [3.05, 3.63) is 0 Å². The number of hydrogen-bond donors (Lipinski definition) is 2. The van der Waals surface area contributed by atoms with Crippen LogP contribution in [0.1, 0.15) is 34.6 Å². The van der Waals surface area contributed by atoms with Crippen LogP contribution >= 0.6 is 0 Å². The van der Waals surface area contributed by atoms with E-state index >= 15 is 0 Å². The molecule has 1 amide bonds. The third kappa shape index (κ3) is 5.33. The molecule has 0 aromatic carbocycles. The molecule has 0 aliphatic carbocycles. The average Bonchev–Trinajstić information content (AvgIpc) is 2.25. The summed E-state index contributed by atoms with van der Waals surface area (Å²) in [6, 6.07) is 0.464. The lowest BCUT2D eigenvalue weighted by Gasteiger charge is -2.37. The molecule has 0 saturated heterocycles. The van der Waals surface area contributed by atoms with E-state index in [0.717, 1.165) is 6.54 Å². The van der Waals surface area contributed by atoms with Crippen molar-refractivity contribution in [1.82, 2.24) is 10.2 Å². The predicted octanol–water partition coefficient (Wildman–Crippen LogP) is 0.585. The summed E-state index contributed by atoms with van der Waals surface area (Å²) in [7, 11) is 1.68. The predicted molar refractivity (Wildman–Crippen MR) is 74.5 cm³/mol. The minimum Gasteiger partial charge on any atom is -0.383 e. The molecule has 0 radical (unpaired) electrons. The van der Waals surface area contributed by atoms with Crippen molar-refractivity contribution in [2.75, 3.05) is 26.8 Å². The first-order chi connectivity index (χ1) is 8.26. The Labute approximate surface area is 111 Å². The first-order valence-electron chi connectivity index (χ1n) is 6.57. The maximum atomic E-state index is 11.7. The Hall–Kier alpha value is -0.650. The minimum atomic E-state index is -0.716. The number of rotatable bonds is 9. The van der Waals surface area contributed by atoms with Gasteiger partial charge in [-0.05, 0) is 34.2 Å². The molecular weight excluding hydrogens is 230 g/mol. The van der Waals surface area contributed by atoms with Crippen LogP contribution in [0.25, 0.3) is 0 Å². The second-order valence-electron chi connectivity index (χ2n) is 5.36.